The summed E-state index contributed by atoms with van der Waals surface area (Å²) in [6.45, 7) is 6.92. The second kappa shape index (κ2) is 9.47. The number of carboxylic acid groups (broad SMARTS) is 1. The fourth-order valence-corrected chi connectivity index (χ4v) is 1.60. The average Bonchev–Trinajstić information content (AvgIpc) is 2.39. The van der Waals surface area contributed by atoms with Crippen LogP contribution < -0.4 is 0 Å². The van der Waals surface area contributed by atoms with Gasteiger partial charge in [-0.15, -0.1) is 12.6 Å². The van der Waals surface area contributed by atoms with Crippen molar-refractivity contribution in [3.8, 4) is 0 Å². The van der Waals surface area contributed by atoms with Crippen molar-refractivity contribution in [1.29, 1.82) is 0 Å². The predicted octanol–water partition coefficient (Wildman–Crippen LogP) is 3.15. The highest BCUT2D eigenvalue weighted by atomic mass is 32.2. The highest BCUT2D eigenvalue weighted by Gasteiger charge is 2.02. The maximum absolute atomic E-state index is 10.7. The summed E-state index contributed by atoms with van der Waals surface area (Å²) in [6.07, 6.45) is 1.84. The van der Waals surface area contributed by atoms with E-state index in [-0.39, 0.29) is 10.7 Å². The van der Waals surface area contributed by atoms with E-state index in [4.69, 9.17) is 5.11 Å². The quantitative estimate of drug-likeness (QED) is 0.647. The van der Waals surface area contributed by atoms with Crippen LogP contribution in [0.5, 0.6) is 0 Å². The third-order valence-electron chi connectivity index (χ3n) is 2.00. The van der Waals surface area contributed by atoms with Gasteiger partial charge in [-0.2, -0.15) is 11.8 Å². The predicted molar refractivity (Wildman–Crippen MR) is 84.6 cm³/mol. The van der Waals surface area contributed by atoms with Gasteiger partial charge in [-0.05, 0) is 11.8 Å². The molecule has 1 aromatic carbocycles. The molecule has 0 saturated heterocycles. The summed E-state index contributed by atoms with van der Waals surface area (Å²) < 4.78 is 0. The summed E-state index contributed by atoms with van der Waals surface area (Å²) in [4.78, 5) is 20.7. The third-order valence-corrected chi connectivity index (χ3v) is 2.91. The van der Waals surface area contributed by atoms with Crippen LogP contribution in [0.1, 0.15) is 5.56 Å². The standard InChI is InChI=1S/C9H8OS.C5H8O2S/c1-7(9(10)11)8-5-3-2-4-6-8;1-4(3-8-2)5(6)7/h2-6H,1H2,(H,10,11);1,3H2,2H3,(H,6,7). The number of hydrogen-bond acceptors (Lipinski definition) is 3. The first-order valence-corrected chi connectivity index (χ1v) is 7.11. The van der Waals surface area contributed by atoms with Crippen LogP contribution in [0.4, 0.5) is 0 Å². The van der Waals surface area contributed by atoms with Gasteiger partial charge in [0, 0.05) is 16.9 Å². The number of thioether (sulfide) groups is 1. The van der Waals surface area contributed by atoms with Crippen molar-refractivity contribution in [1.82, 2.24) is 0 Å². The van der Waals surface area contributed by atoms with Crippen molar-refractivity contribution in [2.75, 3.05) is 12.0 Å². The highest BCUT2D eigenvalue weighted by molar-refractivity contribution is 7.98. The molecule has 0 atom stereocenters. The fourth-order valence-electron chi connectivity index (χ4n) is 0.999. The molecule has 0 radical (unpaired) electrons. The molecule has 0 saturated carbocycles. The molecule has 1 rings (SSSR count). The zero-order valence-electron chi connectivity index (χ0n) is 10.6. The topological polar surface area (TPSA) is 54.4 Å². The van der Waals surface area contributed by atoms with Gasteiger partial charge in [0.05, 0.1) is 0 Å². The molecule has 1 aromatic rings. The lowest BCUT2D eigenvalue weighted by atomic mass is 10.1. The number of benzene rings is 1. The zero-order chi connectivity index (χ0) is 14.8. The molecule has 0 heterocycles. The van der Waals surface area contributed by atoms with E-state index in [0.717, 1.165) is 5.56 Å². The molecule has 0 unspecified atom stereocenters. The van der Waals surface area contributed by atoms with Crippen LogP contribution in [-0.2, 0) is 9.59 Å². The van der Waals surface area contributed by atoms with Gasteiger partial charge in [0.15, 0.2) is 0 Å². The van der Waals surface area contributed by atoms with Gasteiger partial charge in [-0.1, -0.05) is 43.5 Å². The van der Waals surface area contributed by atoms with Gasteiger partial charge in [-0.3, -0.25) is 4.79 Å². The maximum atomic E-state index is 10.7. The molecule has 0 aliphatic carbocycles. The van der Waals surface area contributed by atoms with Gasteiger partial charge >= 0.3 is 5.97 Å². The Morgan fingerprint density at radius 1 is 1.26 bits per heavy atom. The number of carboxylic acids is 1. The van der Waals surface area contributed by atoms with Crippen LogP contribution in [-0.4, -0.2) is 28.2 Å². The summed E-state index contributed by atoms with van der Waals surface area (Å²) in [5, 5.41) is 7.92. The lowest BCUT2D eigenvalue weighted by Crippen LogP contribution is -2.00. The molecular weight excluding hydrogens is 280 g/mol. The van der Waals surface area contributed by atoms with Crippen LogP contribution >= 0.6 is 24.4 Å². The molecule has 0 aliphatic rings. The van der Waals surface area contributed by atoms with E-state index >= 15 is 0 Å². The molecule has 0 aromatic heterocycles. The lowest BCUT2D eigenvalue weighted by molar-refractivity contribution is -0.132. The third kappa shape index (κ3) is 7.54. The molecule has 0 bridgehead atoms. The van der Waals surface area contributed by atoms with Gasteiger partial charge in [0.1, 0.15) is 0 Å². The van der Waals surface area contributed by atoms with E-state index < -0.39 is 5.97 Å². The van der Waals surface area contributed by atoms with Crippen molar-refractivity contribution in [2.24, 2.45) is 0 Å². The Morgan fingerprint density at radius 2 is 1.79 bits per heavy atom. The van der Waals surface area contributed by atoms with Gasteiger partial charge < -0.3 is 5.11 Å². The summed E-state index contributed by atoms with van der Waals surface area (Å²) in [7, 11) is 0. The van der Waals surface area contributed by atoms with Crippen LogP contribution in [0, 0.1) is 0 Å². The molecular formula is C14H16O3S2. The SMILES string of the molecule is C=C(C(=O)S)c1ccccc1.C=C(CSC)C(=O)O. The molecule has 19 heavy (non-hydrogen) atoms. The van der Waals surface area contributed by atoms with E-state index in [0.29, 0.717) is 11.3 Å². The molecule has 3 nitrogen and oxygen atoms in total. The van der Waals surface area contributed by atoms with Crippen molar-refractivity contribution in [2.45, 2.75) is 0 Å². The van der Waals surface area contributed by atoms with Gasteiger partial charge in [0.2, 0.25) is 5.12 Å². The van der Waals surface area contributed by atoms with Crippen LogP contribution in [0.15, 0.2) is 49.1 Å². The van der Waals surface area contributed by atoms with Crippen molar-refractivity contribution < 1.29 is 14.7 Å². The molecule has 0 spiro atoms. The first-order valence-electron chi connectivity index (χ1n) is 5.27. The minimum Gasteiger partial charge on any atom is -0.478 e. The first-order chi connectivity index (χ1) is 8.90. The van der Waals surface area contributed by atoms with Crippen molar-refractivity contribution in [3.63, 3.8) is 0 Å². The zero-order valence-corrected chi connectivity index (χ0v) is 12.3. The van der Waals surface area contributed by atoms with E-state index in [1.807, 2.05) is 36.6 Å². The van der Waals surface area contributed by atoms with Gasteiger partial charge in [0.25, 0.3) is 0 Å². The molecule has 0 amide bonds. The Kier molecular flexibility index (Phi) is 8.74. The number of hydrogen-bond donors (Lipinski definition) is 2. The highest BCUT2D eigenvalue weighted by Crippen LogP contribution is 2.13. The summed E-state index contributed by atoms with van der Waals surface area (Å²) in [5.74, 6) is -0.394. The molecule has 5 heteroatoms. The largest absolute Gasteiger partial charge is 0.478 e. The van der Waals surface area contributed by atoms with E-state index in [1.54, 1.807) is 0 Å². The number of carbonyl (C=O) groups is 2. The van der Waals surface area contributed by atoms with Crippen molar-refractivity contribution in [3.05, 3.63) is 54.6 Å². The average molecular weight is 296 g/mol. The monoisotopic (exact) mass is 296 g/mol. The van der Waals surface area contributed by atoms with E-state index in [2.05, 4.69) is 25.8 Å². The normalized spacial score (nSPS) is 8.95. The Bertz CT molecular complexity index is 467. The van der Waals surface area contributed by atoms with E-state index in [1.165, 1.54) is 11.8 Å². The molecule has 1 N–H and O–H groups in total. The molecule has 0 aliphatic heterocycles. The number of carbonyl (C=O) groups excluding carboxylic acids is 1. The summed E-state index contributed by atoms with van der Waals surface area (Å²) in [6, 6.07) is 9.27. The first kappa shape index (κ1) is 17.5. The molecule has 0 fully saturated rings. The van der Waals surface area contributed by atoms with Crippen LogP contribution in [0.25, 0.3) is 5.57 Å². The van der Waals surface area contributed by atoms with Gasteiger partial charge in [-0.25, -0.2) is 4.79 Å². The Morgan fingerprint density at radius 3 is 2.11 bits per heavy atom. The lowest BCUT2D eigenvalue weighted by Gasteiger charge is -1.98. The summed E-state index contributed by atoms with van der Waals surface area (Å²) in [5.41, 5.74) is 1.53. The Labute approximate surface area is 122 Å². The second-order valence-corrected chi connectivity index (χ2v) is 4.76. The fraction of sp³-hybridized carbons (Fsp3) is 0.143. The van der Waals surface area contributed by atoms with Crippen molar-refractivity contribution >= 4 is 41.0 Å². The minimum atomic E-state index is -0.903. The minimum absolute atomic E-state index is 0.262. The number of rotatable bonds is 5. The van der Waals surface area contributed by atoms with E-state index in [9.17, 15) is 9.59 Å². The Balaban J connectivity index is 0.000000362. The maximum Gasteiger partial charge on any atom is 0.331 e. The van der Waals surface area contributed by atoms with Crippen LogP contribution in [0.3, 0.4) is 0 Å². The Hall–Kier alpha value is -1.46. The van der Waals surface area contributed by atoms with Crippen LogP contribution in [0.2, 0.25) is 0 Å². The second-order valence-electron chi connectivity index (χ2n) is 3.49. The molecule has 102 valence electrons. The summed E-state index contributed by atoms with van der Waals surface area (Å²) >= 11 is 5.12. The smallest absolute Gasteiger partial charge is 0.331 e. The number of thiol groups is 1. The number of aliphatic carboxylic acids is 1.